The molecule has 0 unspecified atom stereocenters. The zero-order valence-electron chi connectivity index (χ0n) is 9.82. The molecular weight excluding hydrogens is 273 g/mol. The number of alkyl halides is 3. The van der Waals surface area contributed by atoms with Gasteiger partial charge in [0.25, 0.3) is 5.88 Å². The van der Waals surface area contributed by atoms with Crippen LogP contribution in [0.25, 0.3) is 0 Å². The second-order valence-electron chi connectivity index (χ2n) is 4.47. The number of nitrogens with zero attached hydrogens (tertiary/aromatic N) is 2. The largest absolute Gasteiger partial charge is 0.534 e. The summed E-state index contributed by atoms with van der Waals surface area (Å²) in [5.41, 5.74) is -5.34. The number of halogens is 3. The van der Waals surface area contributed by atoms with Crippen LogP contribution in [-0.2, 0) is 15.5 Å². The molecule has 0 bridgehead atoms. The van der Waals surface area contributed by atoms with Crippen LogP contribution in [0, 0.1) is 0 Å². The van der Waals surface area contributed by atoms with Crippen LogP contribution in [0.3, 0.4) is 0 Å². The number of aromatic nitrogens is 2. The van der Waals surface area contributed by atoms with Gasteiger partial charge in [0.05, 0.1) is 18.1 Å². The Hall–Kier alpha value is -1.38. The maximum Gasteiger partial charge on any atom is 0.534 e. The molecule has 1 rings (SSSR count). The van der Waals surface area contributed by atoms with E-state index in [1.165, 1.54) is 6.20 Å². The molecule has 0 saturated heterocycles. The van der Waals surface area contributed by atoms with E-state index in [4.69, 9.17) is 0 Å². The highest BCUT2D eigenvalue weighted by molar-refractivity contribution is 7.87. The van der Waals surface area contributed by atoms with Gasteiger partial charge >= 0.3 is 15.6 Å². The van der Waals surface area contributed by atoms with Crippen molar-refractivity contribution < 1.29 is 25.8 Å². The van der Waals surface area contributed by atoms with E-state index >= 15 is 0 Å². The Bertz CT molecular complexity index is 517. The second kappa shape index (κ2) is 4.38. The lowest BCUT2D eigenvalue weighted by atomic mass is 9.93. The number of hydrogen-bond donors (Lipinski definition) is 0. The summed E-state index contributed by atoms with van der Waals surface area (Å²) >= 11 is 0. The molecule has 0 aliphatic carbocycles. The maximum absolute atomic E-state index is 12.0. The summed E-state index contributed by atoms with van der Waals surface area (Å²) in [5, 5.41) is 0. The van der Waals surface area contributed by atoms with Gasteiger partial charge in [-0.3, -0.25) is 4.98 Å². The number of hydrogen-bond acceptors (Lipinski definition) is 5. The molecule has 0 amide bonds. The van der Waals surface area contributed by atoms with Gasteiger partial charge < -0.3 is 4.18 Å². The van der Waals surface area contributed by atoms with E-state index < -0.39 is 21.5 Å². The van der Waals surface area contributed by atoms with Gasteiger partial charge in [-0.2, -0.15) is 21.6 Å². The Labute approximate surface area is 102 Å². The molecule has 0 atom stereocenters. The molecule has 0 spiro atoms. The van der Waals surface area contributed by atoms with Crippen molar-refractivity contribution in [1.29, 1.82) is 0 Å². The molecule has 0 aromatic carbocycles. The lowest BCUT2D eigenvalue weighted by Crippen LogP contribution is -2.28. The highest BCUT2D eigenvalue weighted by Gasteiger charge is 2.48. The van der Waals surface area contributed by atoms with Crippen molar-refractivity contribution >= 4 is 10.1 Å². The Morgan fingerprint density at radius 1 is 1.11 bits per heavy atom. The van der Waals surface area contributed by atoms with E-state index in [-0.39, 0.29) is 5.41 Å². The summed E-state index contributed by atoms with van der Waals surface area (Å²) in [5.74, 6) is -0.722. The summed E-state index contributed by atoms with van der Waals surface area (Å²) in [6.07, 6.45) is 2.01. The molecule has 102 valence electrons. The minimum atomic E-state index is -5.70. The molecular formula is C9H11F3N2O3S. The van der Waals surface area contributed by atoms with E-state index in [1.807, 2.05) is 20.8 Å². The predicted octanol–water partition coefficient (Wildman–Crippen LogP) is 2.00. The van der Waals surface area contributed by atoms with Gasteiger partial charge in [0.15, 0.2) is 0 Å². The fraction of sp³-hybridized carbons (Fsp3) is 0.556. The molecule has 0 aliphatic rings. The molecule has 1 aromatic heterocycles. The SMILES string of the molecule is CC(C)(C)c1cnc(OS(=O)(=O)C(F)(F)F)cn1. The third kappa shape index (κ3) is 3.31. The summed E-state index contributed by atoms with van der Waals surface area (Å²) in [4.78, 5) is 7.28. The summed E-state index contributed by atoms with van der Waals surface area (Å²) in [6.45, 7) is 5.47. The minimum absolute atomic E-state index is 0.353. The van der Waals surface area contributed by atoms with E-state index in [9.17, 15) is 21.6 Å². The fourth-order valence-corrected chi connectivity index (χ4v) is 1.31. The molecule has 9 heteroatoms. The zero-order valence-corrected chi connectivity index (χ0v) is 10.6. The Morgan fingerprint density at radius 2 is 1.67 bits per heavy atom. The molecule has 1 heterocycles. The van der Waals surface area contributed by atoms with Gasteiger partial charge in [0.1, 0.15) is 0 Å². The third-order valence-corrected chi connectivity index (χ3v) is 2.83. The van der Waals surface area contributed by atoms with Crippen LogP contribution in [0.4, 0.5) is 13.2 Å². The molecule has 0 saturated carbocycles. The fourth-order valence-electron chi connectivity index (χ4n) is 0.906. The van der Waals surface area contributed by atoms with Crippen LogP contribution in [-0.4, -0.2) is 23.9 Å². The van der Waals surface area contributed by atoms with Crippen LogP contribution in [0.15, 0.2) is 12.4 Å². The van der Waals surface area contributed by atoms with Crippen LogP contribution in [0.5, 0.6) is 5.88 Å². The normalized spacial score (nSPS) is 13.4. The summed E-state index contributed by atoms with van der Waals surface area (Å²) in [7, 11) is -5.70. The first-order valence-corrected chi connectivity index (χ1v) is 6.17. The van der Waals surface area contributed by atoms with Crippen molar-refractivity contribution in [2.75, 3.05) is 0 Å². The highest BCUT2D eigenvalue weighted by Crippen LogP contribution is 2.26. The van der Waals surface area contributed by atoms with Crippen molar-refractivity contribution in [3.05, 3.63) is 18.1 Å². The average Bonchev–Trinajstić information content (AvgIpc) is 2.14. The van der Waals surface area contributed by atoms with Crippen molar-refractivity contribution in [2.45, 2.75) is 31.7 Å². The van der Waals surface area contributed by atoms with Crippen LogP contribution < -0.4 is 4.18 Å². The van der Waals surface area contributed by atoms with Gasteiger partial charge in [-0.1, -0.05) is 20.8 Å². The second-order valence-corrected chi connectivity index (χ2v) is 6.01. The summed E-state index contributed by atoms with van der Waals surface area (Å²) < 4.78 is 61.3. The van der Waals surface area contributed by atoms with Gasteiger partial charge in [-0.05, 0) is 0 Å². The zero-order chi connectivity index (χ0) is 14.2. The third-order valence-electron chi connectivity index (χ3n) is 1.88. The first kappa shape index (κ1) is 14.7. The van der Waals surface area contributed by atoms with Crippen molar-refractivity contribution in [2.24, 2.45) is 0 Å². The molecule has 1 aromatic rings. The lowest BCUT2D eigenvalue weighted by molar-refractivity contribution is -0.0501. The average molecular weight is 284 g/mol. The van der Waals surface area contributed by atoms with Crippen molar-refractivity contribution in [3.8, 4) is 5.88 Å². The van der Waals surface area contributed by atoms with Gasteiger partial charge in [0, 0.05) is 5.41 Å². The van der Waals surface area contributed by atoms with E-state index in [1.54, 1.807) is 0 Å². The smallest absolute Gasteiger partial charge is 0.354 e. The number of rotatable bonds is 2. The van der Waals surface area contributed by atoms with E-state index in [2.05, 4.69) is 14.2 Å². The van der Waals surface area contributed by atoms with Gasteiger partial charge in [0.2, 0.25) is 0 Å². The lowest BCUT2D eigenvalue weighted by Gasteiger charge is -2.16. The highest BCUT2D eigenvalue weighted by atomic mass is 32.2. The first-order chi connectivity index (χ1) is 7.93. The standard InChI is InChI=1S/C9H11F3N2O3S/c1-8(2,3)6-4-14-7(5-13-6)17-18(15,16)9(10,11)12/h4-5H,1-3H3. The van der Waals surface area contributed by atoms with Crippen LogP contribution in [0.2, 0.25) is 0 Å². The van der Waals surface area contributed by atoms with E-state index in [0.717, 1.165) is 6.20 Å². The molecule has 0 fully saturated rings. The van der Waals surface area contributed by atoms with Crippen molar-refractivity contribution in [3.63, 3.8) is 0 Å². The topological polar surface area (TPSA) is 69.2 Å². The predicted molar refractivity (Wildman–Crippen MR) is 56.3 cm³/mol. The molecule has 0 aliphatic heterocycles. The quantitative estimate of drug-likeness (QED) is 0.613. The minimum Gasteiger partial charge on any atom is -0.354 e. The first-order valence-electron chi connectivity index (χ1n) is 4.77. The van der Waals surface area contributed by atoms with Crippen LogP contribution in [0.1, 0.15) is 26.5 Å². The Kier molecular flexibility index (Phi) is 3.57. The molecule has 0 radical (unpaired) electrons. The van der Waals surface area contributed by atoms with E-state index in [0.29, 0.717) is 5.69 Å². The molecule has 5 nitrogen and oxygen atoms in total. The van der Waals surface area contributed by atoms with Crippen LogP contribution >= 0.6 is 0 Å². The Balaban J connectivity index is 2.96. The van der Waals surface area contributed by atoms with Gasteiger partial charge in [-0.15, -0.1) is 0 Å². The summed E-state index contributed by atoms with van der Waals surface area (Å²) in [6, 6.07) is 0. The molecule has 0 N–H and O–H groups in total. The molecule has 18 heavy (non-hydrogen) atoms. The monoisotopic (exact) mass is 284 g/mol. The van der Waals surface area contributed by atoms with Gasteiger partial charge in [-0.25, -0.2) is 4.98 Å². The Morgan fingerprint density at radius 3 is 2.00 bits per heavy atom. The maximum atomic E-state index is 12.0. The van der Waals surface area contributed by atoms with Crippen molar-refractivity contribution in [1.82, 2.24) is 9.97 Å².